The summed E-state index contributed by atoms with van der Waals surface area (Å²) < 4.78 is 0. The highest BCUT2D eigenvalue weighted by atomic mass is 32.2. The van der Waals surface area contributed by atoms with Gasteiger partial charge in [0, 0.05) is 21.1 Å². The van der Waals surface area contributed by atoms with E-state index in [0.29, 0.717) is 0 Å². The van der Waals surface area contributed by atoms with Gasteiger partial charge in [0.2, 0.25) is 0 Å². The van der Waals surface area contributed by atoms with Crippen LogP contribution in [0.5, 0.6) is 0 Å². The molecule has 0 aliphatic carbocycles. The van der Waals surface area contributed by atoms with Crippen LogP contribution in [0.1, 0.15) is 9.75 Å². The molecule has 0 saturated carbocycles. The van der Waals surface area contributed by atoms with Gasteiger partial charge in [-0.25, -0.2) is 0 Å². The molecule has 1 fully saturated rings. The standard InChI is InChI=1S/C14H10OS3/c15-14-10(7-11-3-1-5-16-11)9-18-13(14)8-12-4-2-6-17-12/h1-8H,9H2/b10-7-,13-8+. The molecule has 0 aromatic carbocycles. The van der Waals surface area contributed by atoms with E-state index in [4.69, 9.17) is 0 Å². The Hall–Kier alpha value is -1.10. The first-order valence-corrected chi connectivity index (χ1v) is 8.24. The third kappa shape index (κ3) is 2.51. The topological polar surface area (TPSA) is 17.1 Å². The zero-order valence-electron chi connectivity index (χ0n) is 9.46. The second kappa shape index (κ2) is 5.26. The van der Waals surface area contributed by atoms with Gasteiger partial charge >= 0.3 is 0 Å². The Morgan fingerprint density at radius 1 is 1.00 bits per heavy atom. The highest BCUT2D eigenvalue weighted by Crippen LogP contribution is 2.34. The minimum absolute atomic E-state index is 0.182. The van der Waals surface area contributed by atoms with E-state index in [0.717, 1.165) is 26.0 Å². The average molecular weight is 290 g/mol. The fourth-order valence-corrected chi connectivity index (χ4v) is 4.12. The molecule has 0 unspecified atom stereocenters. The first kappa shape index (κ1) is 12.0. The third-order valence-corrected chi connectivity index (χ3v) is 5.28. The summed E-state index contributed by atoms with van der Waals surface area (Å²) in [4.78, 5) is 15.4. The highest BCUT2D eigenvalue weighted by Gasteiger charge is 2.23. The maximum absolute atomic E-state index is 12.2. The average Bonchev–Trinajstić information content (AvgIpc) is 3.08. The molecule has 2 aromatic heterocycles. The van der Waals surface area contributed by atoms with Crippen molar-refractivity contribution < 1.29 is 4.79 Å². The summed E-state index contributed by atoms with van der Waals surface area (Å²) in [5.41, 5.74) is 0.908. The molecule has 1 saturated heterocycles. The van der Waals surface area contributed by atoms with Crippen LogP contribution in [0, 0.1) is 0 Å². The van der Waals surface area contributed by atoms with Crippen LogP contribution in [-0.4, -0.2) is 11.5 Å². The van der Waals surface area contributed by atoms with Crippen molar-refractivity contribution in [2.24, 2.45) is 0 Å². The van der Waals surface area contributed by atoms with Crippen LogP contribution < -0.4 is 0 Å². The van der Waals surface area contributed by atoms with Gasteiger partial charge < -0.3 is 0 Å². The summed E-state index contributed by atoms with van der Waals surface area (Å²) >= 11 is 4.96. The Kier molecular flexibility index (Phi) is 3.50. The van der Waals surface area contributed by atoms with Crippen molar-refractivity contribution in [3.05, 3.63) is 55.3 Å². The number of allylic oxidation sites excluding steroid dienone is 1. The van der Waals surface area contributed by atoms with Crippen molar-refractivity contribution in [1.29, 1.82) is 0 Å². The third-order valence-electron chi connectivity index (χ3n) is 2.57. The number of rotatable bonds is 2. The second-order valence-electron chi connectivity index (χ2n) is 3.83. The van der Waals surface area contributed by atoms with E-state index in [2.05, 4.69) is 0 Å². The van der Waals surface area contributed by atoms with Gasteiger partial charge in [-0.2, -0.15) is 0 Å². The maximum Gasteiger partial charge on any atom is 0.196 e. The molecule has 1 nitrogen and oxygen atoms in total. The lowest BCUT2D eigenvalue weighted by Gasteiger charge is -1.92. The van der Waals surface area contributed by atoms with Crippen molar-refractivity contribution in [3.63, 3.8) is 0 Å². The van der Waals surface area contributed by atoms with Crippen LogP contribution in [0.4, 0.5) is 0 Å². The van der Waals surface area contributed by atoms with Crippen LogP contribution in [0.2, 0.25) is 0 Å². The number of Topliss-reactive ketones (excluding diaryl/α,β-unsaturated/α-hetero) is 1. The molecule has 4 heteroatoms. The monoisotopic (exact) mass is 290 g/mol. The minimum Gasteiger partial charge on any atom is -0.288 e. The zero-order chi connectivity index (χ0) is 12.4. The molecule has 0 N–H and O–H groups in total. The Morgan fingerprint density at radius 3 is 2.28 bits per heavy atom. The molecule has 1 aliphatic heterocycles. The number of thiophene rings is 2. The molecule has 0 bridgehead atoms. The Bertz CT molecular complexity index is 549. The number of thioether (sulfide) groups is 1. The number of ketones is 1. The van der Waals surface area contributed by atoms with Crippen molar-refractivity contribution in [1.82, 2.24) is 0 Å². The quantitative estimate of drug-likeness (QED) is 0.755. The number of hydrogen-bond donors (Lipinski definition) is 0. The molecule has 0 spiro atoms. The lowest BCUT2D eigenvalue weighted by atomic mass is 10.1. The predicted octanol–water partition coefficient (Wildman–Crippen LogP) is 4.55. The van der Waals surface area contributed by atoms with Gasteiger partial charge in [0.05, 0.1) is 4.91 Å². The fraction of sp³-hybridized carbons (Fsp3) is 0.0714. The summed E-state index contributed by atoms with van der Waals surface area (Å²) in [6, 6.07) is 8.08. The minimum atomic E-state index is 0.182. The number of hydrogen-bond acceptors (Lipinski definition) is 4. The first-order chi connectivity index (χ1) is 8.83. The second-order valence-corrected chi connectivity index (χ2v) is 6.80. The molecule has 0 atom stereocenters. The van der Waals surface area contributed by atoms with Gasteiger partial charge in [-0.15, -0.1) is 34.4 Å². The molecule has 0 radical (unpaired) electrons. The predicted molar refractivity (Wildman–Crippen MR) is 82.1 cm³/mol. The van der Waals surface area contributed by atoms with Gasteiger partial charge in [-0.3, -0.25) is 4.79 Å². The van der Waals surface area contributed by atoms with Crippen molar-refractivity contribution in [2.45, 2.75) is 0 Å². The SMILES string of the molecule is O=C1/C(=C\c2cccs2)CS/C1=C/c1cccs1. The van der Waals surface area contributed by atoms with Gasteiger partial charge in [-0.1, -0.05) is 12.1 Å². The van der Waals surface area contributed by atoms with E-state index in [1.807, 2.05) is 47.2 Å². The van der Waals surface area contributed by atoms with Crippen molar-refractivity contribution >= 4 is 52.4 Å². The molecular formula is C14H10OS3. The van der Waals surface area contributed by atoms with Crippen LogP contribution in [-0.2, 0) is 4.79 Å². The Balaban J connectivity index is 1.85. The largest absolute Gasteiger partial charge is 0.288 e. The summed E-state index contributed by atoms with van der Waals surface area (Å²) in [7, 11) is 0. The van der Waals surface area contributed by atoms with Gasteiger partial charge in [-0.05, 0) is 35.0 Å². The summed E-state index contributed by atoms with van der Waals surface area (Å²) in [5, 5.41) is 4.06. The van der Waals surface area contributed by atoms with E-state index in [1.165, 1.54) is 0 Å². The van der Waals surface area contributed by atoms with Crippen molar-refractivity contribution in [3.8, 4) is 0 Å². The molecule has 90 valence electrons. The van der Waals surface area contributed by atoms with E-state index >= 15 is 0 Å². The van der Waals surface area contributed by atoms with Crippen LogP contribution in [0.15, 0.2) is 45.5 Å². The molecule has 2 aromatic rings. The highest BCUT2D eigenvalue weighted by molar-refractivity contribution is 8.05. The number of carbonyl (C=O) groups excluding carboxylic acids is 1. The molecule has 18 heavy (non-hydrogen) atoms. The van der Waals surface area contributed by atoms with Crippen LogP contribution >= 0.6 is 34.4 Å². The van der Waals surface area contributed by atoms with E-state index < -0.39 is 0 Å². The van der Waals surface area contributed by atoms with E-state index in [1.54, 1.807) is 34.4 Å². The normalized spacial score (nSPS) is 20.1. The van der Waals surface area contributed by atoms with Gasteiger partial charge in [0.25, 0.3) is 0 Å². The fourth-order valence-electron chi connectivity index (χ4n) is 1.71. The Morgan fingerprint density at radius 2 is 1.67 bits per heavy atom. The maximum atomic E-state index is 12.2. The van der Waals surface area contributed by atoms with Gasteiger partial charge in [0.15, 0.2) is 5.78 Å². The van der Waals surface area contributed by atoms with Crippen LogP contribution in [0.3, 0.4) is 0 Å². The van der Waals surface area contributed by atoms with E-state index in [-0.39, 0.29) is 5.78 Å². The molecule has 3 rings (SSSR count). The lowest BCUT2D eigenvalue weighted by molar-refractivity contribution is -0.111. The zero-order valence-corrected chi connectivity index (χ0v) is 11.9. The Labute approximate surface area is 118 Å². The molecule has 1 aliphatic rings. The molecular weight excluding hydrogens is 280 g/mol. The molecule has 3 heterocycles. The smallest absolute Gasteiger partial charge is 0.196 e. The van der Waals surface area contributed by atoms with E-state index in [9.17, 15) is 4.79 Å². The van der Waals surface area contributed by atoms with Gasteiger partial charge in [0.1, 0.15) is 0 Å². The summed E-state index contributed by atoms with van der Waals surface area (Å²) in [5.74, 6) is 0.968. The summed E-state index contributed by atoms with van der Waals surface area (Å²) in [6.45, 7) is 0. The lowest BCUT2D eigenvalue weighted by Crippen LogP contribution is -1.95. The first-order valence-electron chi connectivity index (χ1n) is 5.50. The summed E-state index contributed by atoms with van der Waals surface area (Å²) in [6.07, 6.45) is 4.00. The van der Waals surface area contributed by atoms with Crippen molar-refractivity contribution in [2.75, 3.05) is 5.75 Å². The van der Waals surface area contributed by atoms with Crippen LogP contribution in [0.25, 0.3) is 12.2 Å². The number of carbonyl (C=O) groups is 1. The molecule has 0 amide bonds.